The van der Waals surface area contributed by atoms with Crippen LogP contribution in [0.1, 0.15) is 53.9 Å². The van der Waals surface area contributed by atoms with Crippen molar-refractivity contribution in [2.45, 2.75) is 59.5 Å². The molecular formula is C22H32O4. The molecular weight excluding hydrogens is 328 g/mol. The summed E-state index contributed by atoms with van der Waals surface area (Å²) in [5.74, 6) is -0.449. The van der Waals surface area contributed by atoms with E-state index in [-0.39, 0.29) is 36.1 Å². The molecule has 0 bridgehead atoms. The van der Waals surface area contributed by atoms with Crippen molar-refractivity contribution in [1.82, 2.24) is 0 Å². The zero-order valence-corrected chi connectivity index (χ0v) is 16.6. The maximum Gasteiger partial charge on any atom is 0.302 e. The number of aliphatic hydroxyl groups is 1. The van der Waals surface area contributed by atoms with E-state index in [1.165, 1.54) is 18.1 Å². The van der Waals surface area contributed by atoms with E-state index in [0.717, 1.165) is 12.8 Å². The van der Waals surface area contributed by atoms with Crippen LogP contribution in [0, 0.1) is 23.7 Å². The molecule has 0 aliphatic heterocycles. The molecule has 0 spiro atoms. The zero-order chi connectivity index (χ0) is 19.5. The van der Waals surface area contributed by atoms with Crippen LogP contribution in [-0.4, -0.2) is 29.1 Å². The minimum absolute atomic E-state index is 0.0404. The highest BCUT2D eigenvalue weighted by Crippen LogP contribution is 2.50. The fourth-order valence-electron chi connectivity index (χ4n) is 4.36. The topological polar surface area (TPSA) is 63.6 Å². The van der Waals surface area contributed by atoms with Crippen molar-refractivity contribution < 1.29 is 19.4 Å². The summed E-state index contributed by atoms with van der Waals surface area (Å²) in [7, 11) is 0. The number of allylic oxidation sites excluding steroid dienone is 6. The normalized spacial score (nSPS) is 34.2. The van der Waals surface area contributed by atoms with Crippen LogP contribution >= 0.6 is 0 Å². The first-order valence-electron chi connectivity index (χ1n) is 9.52. The lowest BCUT2D eigenvalue weighted by atomic mass is 9.75. The van der Waals surface area contributed by atoms with Crippen molar-refractivity contribution in [3.63, 3.8) is 0 Å². The maximum atomic E-state index is 12.4. The molecule has 4 heteroatoms. The Morgan fingerprint density at radius 2 is 2.00 bits per heavy atom. The molecule has 0 radical (unpaired) electrons. The van der Waals surface area contributed by atoms with E-state index in [1.807, 2.05) is 13.0 Å². The minimum atomic E-state index is -1.15. The lowest BCUT2D eigenvalue weighted by Gasteiger charge is -2.34. The fourth-order valence-corrected chi connectivity index (χ4v) is 4.36. The number of ketones is 1. The third-order valence-electron chi connectivity index (χ3n) is 5.86. The fraction of sp³-hybridized carbons (Fsp3) is 0.636. The molecule has 0 saturated heterocycles. The first-order chi connectivity index (χ1) is 12.1. The molecule has 1 saturated carbocycles. The van der Waals surface area contributed by atoms with Gasteiger partial charge in [0.1, 0.15) is 12.2 Å². The second kappa shape index (κ2) is 8.34. The summed E-state index contributed by atoms with van der Waals surface area (Å²) in [5, 5.41) is 11.3. The molecule has 2 aliphatic carbocycles. The first kappa shape index (κ1) is 20.6. The Morgan fingerprint density at radius 3 is 2.54 bits per heavy atom. The van der Waals surface area contributed by atoms with Gasteiger partial charge in [0.15, 0.2) is 5.78 Å². The van der Waals surface area contributed by atoms with Crippen LogP contribution in [0.25, 0.3) is 0 Å². The first-order valence-corrected chi connectivity index (χ1v) is 9.52. The van der Waals surface area contributed by atoms with E-state index < -0.39 is 11.6 Å². The van der Waals surface area contributed by atoms with E-state index in [0.29, 0.717) is 6.42 Å². The van der Waals surface area contributed by atoms with Crippen LogP contribution in [0.5, 0.6) is 0 Å². The van der Waals surface area contributed by atoms with Crippen molar-refractivity contribution in [2.24, 2.45) is 23.7 Å². The quantitative estimate of drug-likeness (QED) is 0.574. The summed E-state index contributed by atoms with van der Waals surface area (Å²) in [6.45, 7) is 9.57. The van der Waals surface area contributed by atoms with E-state index >= 15 is 0 Å². The molecule has 5 unspecified atom stereocenters. The standard InChI is InChI=1S/C22H32O4/c1-14(2)7-6-8-15(3)18-11-19(21-16(4)9-10-20(21)24)22(25,12-18)13-26-17(5)23/h7-10,16,18-19,21,25H,6,11-13H2,1-5H3. The molecule has 1 fully saturated rings. The molecule has 1 N–H and O–H groups in total. The van der Waals surface area contributed by atoms with Gasteiger partial charge >= 0.3 is 5.97 Å². The second-order valence-corrected chi connectivity index (χ2v) is 8.24. The van der Waals surface area contributed by atoms with Crippen LogP contribution in [-0.2, 0) is 14.3 Å². The monoisotopic (exact) mass is 360 g/mol. The van der Waals surface area contributed by atoms with Crippen LogP contribution in [0.2, 0.25) is 0 Å². The number of ether oxygens (including phenoxy) is 1. The van der Waals surface area contributed by atoms with Gasteiger partial charge in [0.05, 0.1) is 0 Å². The van der Waals surface area contributed by atoms with Gasteiger partial charge in [-0.3, -0.25) is 9.59 Å². The molecule has 0 aromatic heterocycles. The number of hydrogen-bond donors (Lipinski definition) is 1. The van der Waals surface area contributed by atoms with E-state index in [4.69, 9.17) is 4.74 Å². The van der Waals surface area contributed by atoms with Crippen molar-refractivity contribution in [1.29, 1.82) is 0 Å². The van der Waals surface area contributed by atoms with E-state index in [1.54, 1.807) is 6.08 Å². The lowest BCUT2D eigenvalue weighted by molar-refractivity contribution is -0.153. The molecule has 144 valence electrons. The van der Waals surface area contributed by atoms with Crippen molar-refractivity contribution in [3.05, 3.63) is 35.5 Å². The van der Waals surface area contributed by atoms with Crippen molar-refractivity contribution in [2.75, 3.05) is 6.61 Å². The highest BCUT2D eigenvalue weighted by Gasteiger charge is 2.53. The average molecular weight is 360 g/mol. The van der Waals surface area contributed by atoms with Crippen LogP contribution in [0.3, 0.4) is 0 Å². The minimum Gasteiger partial charge on any atom is -0.463 e. The maximum absolute atomic E-state index is 12.4. The van der Waals surface area contributed by atoms with Gasteiger partial charge in [-0.1, -0.05) is 36.3 Å². The largest absolute Gasteiger partial charge is 0.463 e. The average Bonchev–Trinajstić information content (AvgIpc) is 3.05. The van der Waals surface area contributed by atoms with Gasteiger partial charge in [0.2, 0.25) is 0 Å². The predicted molar refractivity (Wildman–Crippen MR) is 102 cm³/mol. The Kier molecular flexibility index (Phi) is 6.62. The van der Waals surface area contributed by atoms with Crippen LogP contribution in [0.15, 0.2) is 35.5 Å². The Bertz CT molecular complexity index is 639. The summed E-state index contributed by atoms with van der Waals surface area (Å²) in [5.41, 5.74) is 1.36. The van der Waals surface area contributed by atoms with Crippen LogP contribution < -0.4 is 0 Å². The second-order valence-electron chi connectivity index (χ2n) is 8.24. The predicted octanol–water partition coefficient (Wildman–Crippen LogP) is 4.00. The molecule has 0 aromatic rings. The highest BCUT2D eigenvalue weighted by atomic mass is 16.5. The van der Waals surface area contributed by atoms with Crippen molar-refractivity contribution >= 4 is 11.8 Å². The third-order valence-corrected chi connectivity index (χ3v) is 5.86. The molecule has 2 rings (SSSR count). The third kappa shape index (κ3) is 4.73. The van der Waals surface area contributed by atoms with Crippen LogP contribution in [0.4, 0.5) is 0 Å². The van der Waals surface area contributed by atoms with Gasteiger partial charge in [-0.05, 0) is 57.9 Å². The molecule has 2 aliphatic rings. The Balaban J connectivity index is 2.21. The number of carbonyl (C=O) groups is 2. The Hall–Kier alpha value is -1.68. The summed E-state index contributed by atoms with van der Waals surface area (Å²) >= 11 is 0. The number of rotatable bonds is 6. The van der Waals surface area contributed by atoms with Gasteiger partial charge in [-0.2, -0.15) is 0 Å². The molecule has 26 heavy (non-hydrogen) atoms. The SMILES string of the molecule is CC(=O)OCC1(O)CC(C(C)=CCC=C(C)C)CC1C1C(=O)C=CC1C. The van der Waals surface area contributed by atoms with Gasteiger partial charge in [-0.15, -0.1) is 0 Å². The van der Waals surface area contributed by atoms with Gasteiger partial charge < -0.3 is 9.84 Å². The van der Waals surface area contributed by atoms with E-state index in [9.17, 15) is 14.7 Å². The van der Waals surface area contributed by atoms with Gasteiger partial charge in [-0.25, -0.2) is 0 Å². The number of hydrogen-bond acceptors (Lipinski definition) is 4. The van der Waals surface area contributed by atoms with Gasteiger partial charge in [0, 0.05) is 18.8 Å². The summed E-state index contributed by atoms with van der Waals surface area (Å²) < 4.78 is 5.18. The smallest absolute Gasteiger partial charge is 0.302 e. The Morgan fingerprint density at radius 1 is 1.31 bits per heavy atom. The Labute approximate surface area is 157 Å². The molecule has 5 atom stereocenters. The summed E-state index contributed by atoms with van der Waals surface area (Å²) in [6.07, 6.45) is 10.1. The summed E-state index contributed by atoms with van der Waals surface area (Å²) in [6, 6.07) is 0. The zero-order valence-electron chi connectivity index (χ0n) is 16.6. The van der Waals surface area contributed by atoms with E-state index in [2.05, 4.69) is 32.9 Å². The lowest BCUT2D eigenvalue weighted by Crippen LogP contribution is -2.44. The summed E-state index contributed by atoms with van der Waals surface area (Å²) in [4.78, 5) is 23.7. The van der Waals surface area contributed by atoms with Gasteiger partial charge in [0.25, 0.3) is 0 Å². The molecule has 0 aromatic carbocycles. The molecule has 0 amide bonds. The number of esters is 1. The number of carbonyl (C=O) groups excluding carboxylic acids is 2. The molecule has 0 heterocycles. The van der Waals surface area contributed by atoms with Crippen molar-refractivity contribution in [3.8, 4) is 0 Å². The molecule has 4 nitrogen and oxygen atoms in total. The highest BCUT2D eigenvalue weighted by molar-refractivity contribution is 5.94.